The van der Waals surface area contributed by atoms with Crippen molar-refractivity contribution >= 4 is 11.9 Å². The van der Waals surface area contributed by atoms with E-state index in [2.05, 4.69) is 5.32 Å². The molecule has 4 rings (SSSR count). The van der Waals surface area contributed by atoms with Gasteiger partial charge in [-0.25, -0.2) is 4.79 Å². The summed E-state index contributed by atoms with van der Waals surface area (Å²) in [5, 5.41) is 3.00. The van der Waals surface area contributed by atoms with Gasteiger partial charge in [-0.3, -0.25) is 4.79 Å². The number of likely N-dealkylation sites (tertiary alicyclic amines) is 2. The molecule has 3 aliphatic rings. The molecule has 0 saturated carbocycles. The molecule has 0 aromatic heterocycles. The third-order valence-corrected chi connectivity index (χ3v) is 5.34. The van der Waals surface area contributed by atoms with Crippen molar-refractivity contribution in [2.45, 2.75) is 32.2 Å². The molecule has 1 atom stereocenters. The zero-order valence-corrected chi connectivity index (χ0v) is 14.9. The van der Waals surface area contributed by atoms with E-state index in [9.17, 15) is 9.59 Å². The first-order chi connectivity index (χ1) is 12.7. The van der Waals surface area contributed by atoms with Crippen molar-refractivity contribution in [3.05, 3.63) is 23.8 Å². The van der Waals surface area contributed by atoms with Crippen molar-refractivity contribution < 1.29 is 19.1 Å². The van der Waals surface area contributed by atoms with Gasteiger partial charge in [-0.1, -0.05) is 6.07 Å². The van der Waals surface area contributed by atoms with E-state index in [1.54, 1.807) is 0 Å². The summed E-state index contributed by atoms with van der Waals surface area (Å²) in [5.74, 6) is 1.34. The van der Waals surface area contributed by atoms with Gasteiger partial charge in [0.15, 0.2) is 11.5 Å². The Bertz CT molecular complexity index is 687. The maximum absolute atomic E-state index is 12.6. The molecule has 2 fully saturated rings. The normalized spacial score (nSPS) is 21.8. The Morgan fingerprint density at radius 3 is 2.65 bits per heavy atom. The maximum Gasteiger partial charge on any atom is 0.320 e. The van der Waals surface area contributed by atoms with Gasteiger partial charge >= 0.3 is 6.03 Å². The van der Waals surface area contributed by atoms with Gasteiger partial charge in [-0.15, -0.1) is 0 Å². The molecule has 0 unspecified atom stereocenters. The van der Waals surface area contributed by atoms with Crippen LogP contribution >= 0.6 is 0 Å². The number of ether oxygens (including phenoxy) is 2. The summed E-state index contributed by atoms with van der Waals surface area (Å²) in [6.45, 7) is 3.65. The highest BCUT2D eigenvalue weighted by atomic mass is 16.7. The van der Waals surface area contributed by atoms with Crippen LogP contribution in [-0.2, 0) is 11.3 Å². The Kier molecular flexibility index (Phi) is 4.86. The summed E-state index contributed by atoms with van der Waals surface area (Å²) in [5.41, 5.74) is 0.975. The minimum Gasteiger partial charge on any atom is -0.454 e. The highest BCUT2D eigenvalue weighted by Gasteiger charge is 2.31. The Balaban J connectivity index is 1.30. The van der Waals surface area contributed by atoms with Crippen molar-refractivity contribution in [2.24, 2.45) is 5.92 Å². The Morgan fingerprint density at radius 1 is 1.04 bits per heavy atom. The van der Waals surface area contributed by atoms with E-state index in [0.29, 0.717) is 13.1 Å². The number of amides is 3. The molecule has 7 nitrogen and oxygen atoms in total. The second-order valence-corrected chi connectivity index (χ2v) is 7.17. The topological polar surface area (TPSA) is 71.1 Å². The molecular formula is C19H25N3O4. The van der Waals surface area contributed by atoms with Crippen LogP contribution in [-0.4, -0.2) is 54.7 Å². The summed E-state index contributed by atoms with van der Waals surface area (Å²) >= 11 is 0. The van der Waals surface area contributed by atoms with Gasteiger partial charge in [0.2, 0.25) is 12.7 Å². The van der Waals surface area contributed by atoms with Crippen molar-refractivity contribution in [1.82, 2.24) is 15.1 Å². The fourth-order valence-electron chi connectivity index (χ4n) is 3.86. The predicted octanol–water partition coefficient (Wildman–Crippen LogP) is 1.96. The van der Waals surface area contributed by atoms with E-state index in [4.69, 9.17) is 9.47 Å². The largest absolute Gasteiger partial charge is 0.454 e. The molecule has 3 heterocycles. The highest BCUT2D eigenvalue weighted by Crippen LogP contribution is 2.32. The number of piperidine rings is 1. The zero-order valence-electron chi connectivity index (χ0n) is 14.9. The van der Waals surface area contributed by atoms with E-state index < -0.39 is 0 Å². The van der Waals surface area contributed by atoms with Crippen LogP contribution in [0.2, 0.25) is 0 Å². The summed E-state index contributed by atoms with van der Waals surface area (Å²) in [7, 11) is 0. The summed E-state index contributed by atoms with van der Waals surface area (Å²) < 4.78 is 10.7. The molecule has 0 bridgehead atoms. The first kappa shape index (κ1) is 17.0. The third kappa shape index (κ3) is 3.57. The smallest absolute Gasteiger partial charge is 0.320 e. The van der Waals surface area contributed by atoms with Crippen LogP contribution in [0, 0.1) is 5.92 Å². The molecule has 1 N–H and O–H groups in total. The van der Waals surface area contributed by atoms with Gasteiger partial charge in [0.05, 0.1) is 5.92 Å². The van der Waals surface area contributed by atoms with Crippen LogP contribution < -0.4 is 14.8 Å². The second kappa shape index (κ2) is 7.43. The molecule has 1 aromatic rings. The van der Waals surface area contributed by atoms with E-state index in [-0.39, 0.29) is 24.6 Å². The molecule has 3 aliphatic heterocycles. The maximum atomic E-state index is 12.6. The van der Waals surface area contributed by atoms with E-state index in [1.165, 1.54) is 0 Å². The minimum atomic E-state index is -0.135. The molecule has 3 amide bonds. The molecular weight excluding hydrogens is 334 g/mol. The van der Waals surface area contributed by atoms with Gasteiger partial charge < -0.3 is 24.6 Å². The minimum absolute atomic E-state index is 0.0154. The lowest BCUT2D eigenvalue weighted by atomic mass is 9.97. The molecule has 26 heavy (non-hydrogen) atoms. The molecule has 0 radical (unpaired) electrons. The predicted molar refractivity (Wildman–Crippen MR) is 94.9 cm³/mol. The number of carbonyl (C=O) groups is 2. The highest BCUT2D eigenvalue weighted by molar-refractivity contribution is 5.81. The van der Waals surface area contributed by atoms with Gasteiger partial charge in [0.25, 0.3) is 0 Å². The van der Waals surface area contributed by atoms with Crippen LogP contribution in [0.1, 0.15) is 31.2 Å². The lowest BCUT2D eigenvalue weighted by Gasteiger charge is -2.34. The van der Waals surface area contributed by atoms with E-state index >= 15 is 0 Å². The number of carbonyl (C=O) groups excluding carboxylic acids is 2. The summed E-state index contributed by atoms with van der Waals surface area (Å²) in [4.78, 5) is 28.9. The fourth-order valence-corrected chi connectivity index (χ4v) is 3.86. The lowest BCUT2D eigenvalue weighted by molar-refractivity contribution is -0.126. The molecule has 0 spiro atoms. The molecule has 7 heteroatoms. The van der Waals surface area contributed by atoms with Crippen molar-refractivity contribution in [3.8, 4) is 11.5 Å². The Labute approximate surface area is 153 Å². The summed E-state index contributed by atoms with van der Waals surface area (Å²) in [6, 6.07) is 5.78. The lowest BCUT2D eigenvalue weighted by Crippen LogP contribution is -2.49. The molecule has 2 saturated heterocycles. The fraction of sp³-hybridized carbons (Fsp3) is 0.579. The van der Waals surface area contributed by atoms with E-state index in [0.717, 1.165) is 62.4 Å². The van der Waals surface area contributed by atoms with Crippen molar-refractivity contribution in [3.63, 3.8) is 0 Å². The Morgan fingerprint density at radius 2 is 1.81 bits per heavy atom. The van der Waals surface area contributed by atoms with Gasteiger partial charge in [-0.05, 0) is 43.4 Å². The standard InChI is InChI=1S/C19H25N3O4/c23-18(20-11-14-5-6-16-17(10-14)26-13-25-16)15-4-3-9-22(12-15)19(24)21-7-1-2-8-21/h5-6,10,15H,1-4,7-9,11-13H2,(H,20,23)/t15-/m0/s1. The van der Waals surface area contributed by atoms with Crippen LogP contribution in [0.3, 0.4) is 0 Å². The van der Waals surface area contributed by atoms with Crippen LogP contribution in [0.5, 0.6) is 11.5 Å². The van der Waals surface area contributed by atoms with Crippen molar-refractivity contribution in [1.29, 1.82) is 0 Å². The first-order valence-electron chi connectivity index (χ1n) is 9.41. The van der Waals surface area contributed by atoms with Crippen LogP contribution in [0.15, 0.2) is 18.2 Å². The summed E-state index contributed by atoms with van der Waals surface area (Å²) in [6.07, 6.45) is 3.87. The molecule has 1 aromatic carbocycles. The van der Waals surface area contributed by atoms with Gasteiger partial charge in [0.1, 0.15) is 0 Å². The quantitative estimate of drug-likeness (QED) is 0.896. The first-order valence-corrected chi connectivity index (χ1v) is 9.41. The number of nitrogens with one attached hydrogen (secondary N) is 1. The van der Waals surface area contributed by atoms with Crippen LogP contribution in [0.4, 0.5) is 4.79 Å². The van der Waals surface area contributed by atoms with Gasteiger partial charge in [0, 0.05) is 32.7 Å². The van der Waals surface area contributed by atoms with Gasteiger partial charge in [-0.2, -0.15) is 0 Å². The number of nitrogens with zero attached hydrogens (tertiary/aromatic N) is 2. The van der Waals surface area contributed by atoms with E-state index in [1.807, 2.05) is 28.0 Å². The monoisotopic (exact) mass is 359 g/mol. The Hall–Kier alpha value is -2.44. The number of hydrogen-bond donors (Lipinski definition) is 1. The average Bonchev–Trinajstić information content (AvgIpc) is 3.36. The number of urea groups is 1. The molecule has 0 aliphatic carbocycles. The second-order valence-electron chi connectivity index (χ2n) is 7.17. The number of fused-ring (bicyclic) bond motifs is 1. The molecule has 140 valence electrons. The number of rotatable bonds is 3. The van der Waals surface area contributed by atoms with Crippen LogP contribution in [0.25, 0.3) is 0 Å². The SMILES string of the molecule is O=C(NCc1ccc2c(c1)OCO2)[C@H]1CCCN(C(=O)N2CCCC2)C1. The van der Waals surface area contributed by atoms with Crippen molar-refractivity contribution in [2.75, 3.05) is 33.0 Å². The average molecular weight is 359 g/mol. The third-order valence-electron chi connectivity index (χ3n) is 5.34. The zero-order chi connectivity index (χ0) is 17.9. The number of hydrogen-bond acceptors (Lipinski definition) is 4. The number of benzene rings is 1.